The number of phosphoric ester groups is 1. The minimum atomic E-state index is -4.14. The molecule has 0 amide bonds. The number of likely N-dealkylation sites (N-methyl/N-ethyl adjacent to an activating group) is 1. The quantitative estimate of drug-likeness (QED) is 0.0289. The predicted octanol–water partition coefficient (Wildman–Crippen LogP) is 13.3. The van der Waals surface area contributed by atoms with Crippen molar-refractivity contribution in [3.8, 4) is 0 Å². The van der Waals surface area contributed by atoms with Crippen molar-refractivity contribution in [1.82, 2.24) is 0 Å². The van der Waals surface area contributed by atoms with Crippen molar-refractivity contribution in [1.29, 1.82) is 0 Å². The predicted molar refractivity (Wildman–Crippen MR) is 224 cm³/mol. The number of unbranched alkanes of at least 4 members (excludes halogenated alkanes) is 24. The van der Waals surface area contributed by atoms with Crippen LogP contribution >= 0.6 is 7.82 Å². The molecule has 0 radical (unpaired) electrons. The molecule has 0 spiro atoms. The highest BCUT2D eigenvalue weighted by atomic mass is 31.2. The van der Waals surface area contributed by atoms with E-state index in [9.17, 15) is 9.46 Å². The van der Waals surface area contributed by atoms with Crippen molar-refractivity contribution in [2.24, 2.45) is 0 Å². The number of nitrogens with zero attached hydrogens (tertiary/aromatic N) is 1. The van der Waals surface area contributed by atoms with Crippen LogP contribution in [0.3, 0.4) is 0 Å². The Morgan fingerprint density at radius 3 is 1.31 bits per heavy atom. The average molecular weight is 759 g/mol. The van der Waals surface area contributed by atoms with Gasteiger partial charge < -0.3 is 18.9 Å². The topological polar surface area (TPSA) is 74.2 Å². The lowest BCUT2D eigenvalue weighted by atomic mass is 10.1. The highest BCUT2D eigenvalue weighted by molar-refractivity contribution is 7.47. The molecular weight excluding hydrogens is 669 g/mol. The second-order valence-electron chi connectivity index (χ2n) is 16.1. The van der Waals surface area contributed by atoms with Crippen LogP contribution in [0, 0.1) is 0 Å². The van der Waals surface area contributed by atoms with Crippen molar-refractivity contribution in [2.45, 2.75) is 200 Å². The summed E-state index contributed by atoms with van der Waals surface area (Å²) < 4.78 is 35.7. The van der Waals surface area contributed by atoms with Crippen molar-refractivity contribution in [3.05, 3.63) is 24.3 Å². The van der Waals surface area contributed by atoms with Crippen LogP contribution in [0.4, 0.5) is 0 Å². The van der Waals surface area contributed by atoms with Gasteiger partial charge in [0.25, 0.3) is 0 Å². The first-order valence-corrected chi connectivity index (χ1v) is 23.6. The second-order valence-corrected chi connectivity index (χ2v) is 17.5. The standard InChI is InChI=1S/C44H88NO6P/c1-6-8-10-12-14-16-18-20-22-24-26-28-30-32-34-36-39-48-42-44(43-51-52(46,47)50-41-38-45(3,4)5)49-40-37-35-33-31-29-27-25-23-21-19-17-15-13-11-9-7-2/h20,22,25,27,44H,6-19,21,23-24,26,28-43H2,1-5H3/p+1/b22-20-,27-25-. The molecule has 2 unspecified atom stereocenters. The van der Waals surface area contributed by atoms with E-state index in [1.807, 2.05) is 21.1 Å². The maximum atomic E-state index is 12.5. The molecule has 1 N–H and O–H groups in total. The highest BCUT2D eigenvalue weighted by Gasteiger charge is 2.25. The lowest BCUT2D eigenvalue weighted by Crippen LogP contribution is -2.37. The summed E-state index contributed by atoms with van der Waals surface area (Å²) in [6.07, 6.45) is 44.9. The molecule has 0 aromatic rings. The zero-order valence-corrected chi connectivity index (χ0v) is 36.2. The number of hydrogen-bond donors (Lipinski definition) is 1. The van der Waals surface area contributed by atoms with E-state index in [0.717, 1.165) is 32.1 Å². The first-order valence-electron chi connectivity index (χ1n) is 22.1. The third kappa shape index (κ3) is 42.2. The molecular formula is C44H89NO6P+. The highest BCUT2D eigenvalue weighted by Crippen LogP contribution is 2.43. The number of rotatable bonds is 42. The van der Waals surface area contributed by atoms with Gasteiger partial charge in [0.1, 0.15) is 19.3 Å². The van der Waals surface area contributed by atoms with Gasteiger partial charge in [0.05, 0.1) is 34.4 Å². The molecule has 0 saturated carbocycles. The Labute approximate surface area is 324 Å². The minimum absolute atomic E-state index is 0.0186. The second kappa shape index (κ2) is 38.7. The van der Waals surface area contributed by atoms with E-state index in [2.05, 4.69) is 38.2 Å². The summed E-state index contributed by atoms with van der Waals surface area (Å²) in [4.78, 5) is 10.2. The fourth-order valence-corrected chi connectivity index (χ4v) is 6.80. The summed E-state index contributed by atoms with van der Waals surface area (Å²) in [6.45, 7) is 6.92. The van der Waals surface area contributed by atoms with E-state index in [1.54, 1.807) is 0 Å². The molecule has 0 bridgehead atoms. The molecule has 0 aliphatic heterocycles. The number of allylic oxidation sites excluding steroid dienone is 4. The van der Waals surface area contributed by atoms with E-state index in [1.165, 1.54) is 148 Å². The molecule has 0 fully saturated rings. The van der Waals surface area contributed by atoms with Gasteiger partial charge in [-0.2, -0.15) is 0 Å². The summed E-state index contributed by atoms with van der Waals surface area (Å²) in [5.74, 6) is 0. The molecule has 0 aromatic carbocycles. The Kier molecular flexibility index (Phi) is 38.3. The summed E-state index contributed by atoms with van der Waals surface area (Å²) in [7, 11) is 1.90. The van der Waals surface area contributed by atoms with Crippen LogP contribution in [0.1, 0.15) is 194 Å². The molecule has 8 heteroatoms. The first kappa shape index (κ1) is 51.5. The van der Waals surface area contributed by atoms with Crippen LogP contribution in [-0.4, -0.2) is 76.2 Å². The van der Waals surface area contributed by atoms with Gasteiger partial charge in [-0.25, -0.2) is 4.57 Å². The van der Waals surface area contributed by atoms with E-state index in [0.29, 0.717) is 30.8 Å². The van der Waals surface area contributed by atoms with Crippen molar-refractivity contribution in [2.75, 3.05) is 60.7 Å². The molecule has 310 valence electrons. The SMILES string of the molecule is CCCCCCCC/C=C\CCCCCCCCOCC(COP(=O)(O)OCC[N+](C)(C)C)OCCCCCC/C=C\CCCCCCCCCC. The molecule has 0 aliphatic carbocycles. The number of quaternary nitrogens is 1. The fourth-order valence-electron chi connectivity index (χ4n) is 6.05. The van der Waals surface area contributed by atoms with Gasteiger partial charge in [0.2, 0.25) is 0 Å². The van der Waals surface area contributed by atoms with Crippen molar-refractivity contribution < 1.29 is 32.5 Å². The van der Waals surface area contributed by atoms with Crippen LogP contribution in [0.25, 0.3) is 0 Å². The van der Waals surface area contributed by atoms with E-state index < -0.39 is 13.9 Å². The monoisotopic (exact) mass is 759 g/mol. The molecule has 7 nitrogen and oxygen atoms in total. The lowest BCUT2D eigenvalue weighted by molar-refractivity contribution is -0.870. The maximum Gasteiger partial charge on any atom is 0.472 e. The zero-order chi connectivity index (χ0) is 38.3. The van der Waals surface area contributed by atoms with Gasteiger partial charge in [-0.3, -0.25) is 9.05 Å². The Hall–Kier alpha value is -0.530. The first-order chi connectivity index (χ1) is 25.2. The van der Waals surface area contributed by atoms with Crippen LogP contribution in [0.5, 0.6) is 0 Å². The Balaban J connectivity index is 4.12. The summed E-state index contributed by atoms with van der Waals surface area (Å²) >= 11 is 0. The van der Waals surface area contributed by atoms with Crippen LogP contribution < -0.4 is 0 Å². The Bertz CT molecular complexity index is 830. The van der Waals surface area contributed by atoms with Crippen molar-refractivity contribution >= 4 is 7.82 Å². The number of ether oxygens (including phenoxy) is 2. The third-order valence-electron chi connectivity index (χ3n) is 9.55. The van der Waals surface area contributed by atoms with Crippen LogP contribution in [-0.2, 0) is 23.1 Å². The van der Waals surface area contributed by atoms with Crippen LogP contribution in [0.15, 0.2) is 24.3 Å². The number of phosphoric acid groups is 1. The summed E-state index contributed by atoms with van der Waals surface area (Å²) in [5, 5.41) is 0. The van der Waals surface area contributed by atoms with Gasteiger partial charge in [-0.15, -0.1) is 0 Å². The third-order valence-corrected chi connectivity index (χ3v) is 10.5. The minimum Gasteiger partial charge on any atom is -0.379 e. The summed E-state index contributed by atoms with van der Waals surface area (Å²) in [6, 6.07) is 0. The molecule has 2 atom stereocenters. The van der Waals surface area contributed by atoms with Crippen LogP contribution in [0.2, 0.25) is 0 Å². The molecule has 0 saturated heterocycles. The maximum absolute atomic E-state index is 12.5. The largest absolute Gasteiger partial charge is 0.472 e. The van der Waals surface area contributed by atoms with Gasteiger partial charge >= 0.3 is 7.82 Å². The Morgan fingerprint density at radius 2 is 0.885 bits per heavy atom. The number of hydrogen-bond acceptors (Lipinski definition) is 5. The van der Waals surface area contributed by atoms with Gasteiger partial charge in [0, 0.05) is 13.2 Å². The molecule has 0 heterocycles. The average Bonchev–Trinajstić information content (AvgIpc) is 3.10. The van der Waals surface area contributed by atoms with E-state index in [-0.39, 0.29) is 13.2 Å². The molecule has 0 rings (SSSR count). The van der Waals surface area contributed by atoms with Crippen molar-refractivity contribution in [3.63, 3.8) is 0 Å². The smallest absolute Gasteiger partial charge is 0.379 e. The molecule has 0 aromatic heterocycles. The van der Waals surface area contributed by atoms with Gasteiger partial charge in [0.15, 0.2) is 0 Å². The van der Waals surface area contributed by atoms with Gasteiger partial charge in [-0.1, -0.05) is 154 Å². The van der Waals surface area contributed by atoms with E-state index in [4.69, 9.17) is 18.5 Å². The summed E-state index contributed by atoms with van der Waals surface area (Å²) in [5.41, 5.74) is 0. The molecule has 52 heavy (non-hydrogen) atoms. The van der Waals surface area contributed by atoms with Gasteiger partial charge in [-0.05, 0) is 64.2 Å². The molecule has 0 aliphatic rings. The Morgan fingerprint density at radius 1 is 0.500 bits per heavy atom. The normalized spacial score (nSPS) is 14.2. The van der Waals surface area contributed by atoms with E-state index >= 15 is 0 Å². The fraction of sp³-hybridized carbons (Fsp3) is 0.909. The lowest BCUT2D eigenvalue weighted by Gasteiger charge is -2.24. The zero-order valence-electron chi connectivity index (χ0n) is 35.3.